The first-order chi connectivity index (χ1) is 11.5. The van der Waals surface area contributed by atoms with Crippen molar-refractivity contribution in [2.24, 2.45) is 0 Å². The maximum Gasteiger partial charge on any atom is 0.254 e. The first-order valence-electron chi connectivity index (χ1n) is 8.32. The Morgan fingerprint density at radius 1 is 1.21 bits per heavy atom. The average molecular weight is 336 g/mol. The second-order valence-electron chi connectivity index (χ2n) is 6.26. The molecule has 1 saturated heterocycles. The lowest BCUT2D eigenvalue weighted by atomic mass is 10.1. The Balaban J connectivity index is 2.15. The SMILES string of the molecule is COc1ccc(C(=O)N(CCN(C)C)CC2CCCO2)cc1OC. The van der Waals surface area contributed by atoms with Crippen molar-refractivity contribution in [3.8, 4) is 11.5 Å². The van der Waals surface area contributed by atoms with E-state index in [9.17, 15) is 4.79 Å². The van der Waals surface area contributed by atoms with Gasteiger partial charge < -0.3 is 24.0 Å². The Labute approximate surface area is 144 Å². The molecule has 134 valence electrons. The van der Waals surface area contributed by atoms with E-state index in [1.807, 2.05) is 19.0 Å². The molecule has 1 fully saturated rings. The van der Waals surface area contributed by atoms with E-state index < -0.39 is 0 Å². The molecular weight excluding hydrogens is 308 g/mol. The molecule has 1 aliphatic heterocycles. The Bertz CT molecular complexity index is 542. The molecule has 1 aromatic carbocycles. The van der Waals surface area contributed by atoms with E-state index in [1.165, 1.54) is 0 Å². The monoisotopic (exact) mass is 336 g/mol. The van der Waals surface area contributed by atoms with Crippen LogP contribution in [-0.2, 0) is 4.74 Å². The maximum atomic E-state index is 13.0. The Hall–Kier alpha value is -1.79. The number of carbonyl (C=O) groups excluding carboxylic acids is 1. The zero-order chi connectivity index (χ0) is 17.5. The number of rotatable bonds is 8. The van der Waals surface area contributed by atoms with Crippen LogP contribution in [0.2, 0.25) is 0 Å². The zero-order valence-electron chi connectivity index (χ0n) is 15.1. The van der Waals surface area contributed by atoms with Crippen molar-refractivity contribution in [3.63, 3.8) is 0 Å². The van der Waals surface area contributed by atoms with Gasteiger partial charge in [-0.2, -0.15) is 0 Å². The van der Waals surface area contributed by atoms with E-state index in [2.05, 4.69) is 4.90 Å². The molecule has 1 aromatic rings. The number of hydrogen-bond donors (Lipinski definition) is 0. The molecule has 1 amide bonds. The van der Waals surface area contributed by atoms with Gasteiger partial charge in [0, 0.05) is 31.8 Å². The molecule has 6 nitrogen and oxygen atoms in total. The summed E-state index contributed by atoms with van der Waals surface area (Å²) in [6, 6.07) is 5.28. The van der Waals surface area contributed by atoms with Crippen LogP contribution in [0.4, 0.5) is 0 Å². The van der Waals surface area contributed by atoms with Gasteiger partial charge >= 0.3 is 0 Å². The predicted molar refractivity (Wildman–Crippen MR) is 93.0 cm³/mol. The molecule has 24 heavy (non-hydrogen) atoms. The summed E-state index contributed by atoms with van der Waals surface area (Å²) in [6.45, 7) is 2.89. The third-order valence-corrected chi connectivity index (χ3v) is 4.18. The maximum absolute atomic E-state index is 13.0. The van der Waals surface area contributed by atoms with Crippen LogP contribution in [0, 0.1) is 0 Å². The van der Waals surface area contributed by atoms with Crippen molar-refractivity contribution in [3.05, 3.63) is 23.8 Å². The van der Waals surface area contributed by atoms with Crippen LogP contribution in [0.25, 0.3) is 0 Å². The van der Waals surface area contributed by atoms with Crippen molar-refractivity contribution in [1.82, 2.24) is 9.80 Å². The van der Waals surface area contributed by atoms with Crippen LogP contribution in [0.5, 0.6) is 11.5 Å². The van der Waals surface area contributed by atoms with Gasteiger partial charge in [-0.3, -0.25) is 4.79 Å². The van der Waals surface area contributed by atoms with Crippen LogP contribution in [0.1, 0.15) is 23.2 Å². The smallest absolute Gasteiger partial charge is 0.254 e. The minimum absolute atomic E-state index is 0.00620. The Morgan fingerprint density at radius 2 is 1.96 bits per heavy atom. The molecule has 0 radical (unpaired) electrons. The third-order valence-electron chi connectivity index (χ3n) is 4.18. The molecule has 1 aliphatic rings. The van der Waals surface area contributed by atoms with E-state index >= 15 is 0 Å². The van der Waals surface area contributed by atoms with Gasteiger partial charge in [0.15, 0.2) is 11.5 Å². The summed E-state index contributed by atoms with van der Waals surface area (Å²) in [6.07, 6.45) is 2.21. The van der Waals surface area contributed by atoms with Gasteiger partial charge in [0.05, 0.1) is 20.3 Å². The number of hydrogen-bond acceptors (Lipinski definition) is 5. The molecule has 6 heteroatoms. The van der Waals surface area contributed by atoms with E-state index in [0.717, 1.165) is 26.0 Å². The molecule has 0 N–H and O–H groups in total. The van der Waals surface area contributed by atoms with E-state index in [1.54, 1.807) is 32.4 Å². The van der Waals surface area contributed by atoms with Gasteiger partial charge in [0.2, 0.25) is 0 Å². The summed E-state index contributed by atoms with van der Waals surface area (Å²) in [5.41, 5.74) is 0.601. The number of benzene rings is 1. The molecule has 0 aliphatic carbocycles. The van der Waals surface area contributed by atoms with Crippen molar-refractivity contribution in [1.29, 1.82) is 0 Å². The minimum Gasteiger partial charge on any atom is -0.493 e. The first kappa shape index (κ1) is 18.5. The third kappa shape index (κ3) is 4.85. The number of nitrogens with zero attached hydrogens (tertiary/aromatic N) is 2. The predicted octanol–water partition coefficient (Wildman–Crippen LogP) is 1.89. The fraction of sp³-hybridized carbons (Fsp3) is 0.611. The topological polar surface area (TPSA) is 51.2 Å². The number of ether oxygens (including phenoxy) is 3. The minimum atomic E-state index is -0.00620. The number of methoxy groups -OCH3 is 2. The summed E-state index contributed by atoms with van der Waals surface area (Å²) in [7, 11) is 7.17. The average Bonchev–Trinajstić information content (AvgIpc) is 3.10. The molecule has 1 atom stereocenters. The van der Waals surface area contributed by atoms with E-state index in [0.29, 0.717) is 30.2 Å². The highest BCUT2D eigenvalue weighted by molar-refractivity contribution is 5.95. The number of likely N-dealkylation sites (N-methyl/N-ethyl adjacent to an activating group) is 1. The molecule has 1 heterocycles. The highest BCUT2D eigenvalue weighted by Crippen LogP contribution is 2.28. The Morgan fingerprint density at radius 3 is 2.54 bits per heavy atom. The van der Waals surface area contributed by atoms with Crippen LogP contribution in [-0.4, -0.2) is 76.4 Å². The molecule has 0 aromatic heterocycles. The van der Waals surface area contributed by atoms with Crippen LogP contribution >= 0.6 is 0 Å². The fourth-order valence-electron chi connectivity index (χ4n) is 2.78. The molecule has 2 rings (SSSR count). The summed E-state index contributed by atoms with van der Waals surface area (Å²) in [4.78, 5) is 16.9. The van der Waals surface area contributed by atoms with Gasteiger partial charge in [0.25, 0.3) is 5.91 Å². The van der Waals surface area contributed by atoms with Crippen molar-refractivity contribution >= 4 is 5.91 Å². The zero-order valence-corrected chi connectivity index (χ0v) is 15.1. The van der Waals surface area contributed by atoms with Gasteiger partial charge in [-0.15, -0.1) is 0 Å². The van der Waals surface area contributed by atoms with Gasteiger partial charge in [0.1, 0.15) is 0 Å². The highest BCUT2D eigenvalue weighted by atomic mass is 16.5. The first-order valence-corrected chi connectivity index (χ1v) is 8.32. The molecule has 0 bridgehead atoms. The van der Waals surface area contributed by atoms with E-state index in [4.69, 9.17) is 14.2 Å². The Kier molecular flexibility index (Phi) is 6.87. The molecule has 0 saturated carbocycles. The van der Waals surface area contributed by atoms with Crippen molar-refractivity contribution in [2.45, 2.75) is 18.9 Å². The standard InChI is InChI=1S/C18H28N2O4/c1-19(2)9-10-20(13-15-6-5-11-24-15)18(21)14-7-8-16(22-3)17(12-14)23-4/h7-8,12,15H,5-6,9-11,13H2,1-4H3. The lowest BCUT2D eigenvalue weighted by molar-refractivity contribution is 0.0512. The molecule has 1 unspecified atom stereocenters. The number of carbonyl (C=O) groups is 1. The lowest BCUT2D eigenvalue weighted by Gasteiger charge is -2.27. The summed E-state index contributed by atoms with van der Waals surface area (Å²) in [5, 5.41) is 0. The molecule has 0 spiro atoms. The van der Waals surface area contributed by atoms with Crippen LogP contribution < -0.4 is 9.47 Å². The van der Waals surface area contributed by atoms with Crippen molar-refractivity contribution in [2.75, 3.05) is 54.6 Å². The normalized spacial score (nSPS) is 17.1. The highest BCUT2D eigenvalue weighted by Gasteiger charge is 2.24. The van der Waals surface area contributed by atoms with E-state index in [-0.39, 0.29) is 12.0 Å². The van der Waals surface area contributed by atoms with Crippen molar-refractivity contribution < 1.29 is 19.0 Å². The van der Waals surface area contributed by atoms with Crippen LogP contribution in [0.15, 0.2) is 18.2 Å². The summed E-state index contributed by atoms with van der Waals surface area (Å²) in [5.74, 6) is 1.18. The van der Waals surface area contributed by atoms with Gasteiger partial charge in [-0.05, 0) is 45.1 Å². The van der Waals surface area contributed by atoms with Crippen LogP contribution in [0.3, 0.4) is 0 Å². The largest absolute Gasteiger partial charge is 0.493 e. The fourth-order valence-corrected chi connectivity index (χ4v) is 2.78. The summed E-state index contributed by atoms with van der Waals surface area (Å²) >= 11 is 0. The van der Waals surface area contributed by atoms with Gasteiger partial charge in [-0.25, -0.2) is 0 Å². The lowest BCUT2D eigenvalue weighted by Crippen LogP contribution is -2.41. The summed E-state index contributed by atoms with van der Waals surface area (Å²) < 4.78 is 16.3. The second kappa shape index (κ2) is 8.89. The quantitative estimate of drug-likeness (QED) is 0.726. The second-order valence-corrected chi connectivity index (χ2v) is 6.26. The number of amides is 1. The molecular formula is C18H28N2O4. The van der Waals surface area contributed by atoms with Gasteiger partial charge in [-0.1, -0.05) is 0 Å².